The van der Waals surface area contributed by atoms with E-state index in [1.165, 1.54) is 6.33 Å². The number of carbonyl (C=O) groups is 1. The molecule has 0 saturated heterocycles. The van der Waals surface area contributed by atoms with Crippen LogP contribution in [0.3, 0.4) is 0 Å². The molecule has 1 aromatic rings. The Kier molecular flexibility index (Phi) is 5.15. The maximum atomic E-state index is 10.4. The Hall–Kier alpha value is -1.89. The fourth-order valence-corrected chi connectivity index (χ4v) is 1.29. The van der Waals surface area contributed by atoms with Gasteiger partial charge in [-0.1, -0.05) is 0 Å². The van der Waals surface area contributed by atoms with Crippen LogP contribution in [0.5, 0.6) is 0 Å². The van der Waals surface area contributed by atoms with Gasteiger partial charge in [0.25, 0.3) is 0 Å². The van der Waals surface area contributed by atoms with Crippen molar-refractivity contribution >= 4 is 17.5 Å². The van der Waals surface area contributed by atoms with Crippen molar-refractivity contribution in [3.05, 3.63) is 11.9 Å². The van der Waals surface area contributed by atoms with Crippen LogP contribution in [0.25, 0.3) is 0 Å². The summed E-state index contributed by atoms with van der Waals surface area (Å²) < 4.78 is 5.02. The van der Waals surface area contributed by atoms with Gasteiger partial charge in [-0.15, -0.1) is 0 Å². The number of hydrogen-bond acceptors (Lipinski definition) is 6. The Morgan fingerprint density at radius 1 is 1.47 bits per heavy atom. The number of nitrogens with two attached hydrogens (primary N) is 1. The number of aromatic nitrogens is 2. The zero-order chi connectivity index (χ0) is 12.7. The third-order valence-electron chi connectivity index (χ3n) is 2.10. The average Bonchev–Trinajstić information content (AvgIpc) is 2.30. The molecule has 7 heteroatoms. The standard InChI is InChI=1S/C10H17N5O2/c1-7-9(12-2)14-6-15-10(7)13-3-4-17-5-8(11)16/h6H,3-5H2,1-2H3,(H2,11,16)(H2,12,13,14,15). The Balaban J connectivity index is 2.39. The highest BCUT2D eigenvalue weighted by Gasteiger charge is 2.04. The summed E-state index contributed by atoms with van der Waals surface area (Å²) in [4.78, 5) is 18.6. The number of nitrogens with zero attached hydrogens (tertiary/aromatic N) is 2. The number of ether oxygens (including phenoxy) is 1. The van der Waals surface area contributed by atoms with Gasteiger partial charge in [0.05, 0.1) is 6.61 Å². The molecule has 7 nitrogen and oxygen atoms in total. The Morgan fingerprint density at radius 2 is 2.18 bits per heavy atom. The van der Waals surface area contributed by atoms with Gasteiger partial charge in [0, 0.05) is 19.2 Å². The molecule has 0 aromatic carbocycles. The molecule has 0 spiro atoms. The lowest BCUT2D eigenvalue weighted by Crippen LogP contribution is -2.21. The van der Waals surface area contributed by atoms with Crippen LogP contribution in [0.1, 0.15) is 5.56 Å². The fourth-order valence-electron chi connectivity index (χ4n) is 1.29. The quantitative estimate of drug-likeness (QED) is 0.567. The molecular weight excluding hydrogens is 222 g/mol. The smallest absolute Gasteiger partial charge is 0.243 e. The summed E-state index contributed by atoms with van der Waals surface area (Å²) in [7, 11) is 1.80. The van der Waals surface area contributed by atoms with E-state index >= 15 is 0 Å². The molecule has 4 N–H and O–H groups in total. The van der Waals surface area contributed by atoms with Crippen LogP contribution in [0.2, 0.25) is 0 Å². The molecule has 1 heterocycles. The van der Waals surface area contributed by atoms with Gasteiger partial charge in [-0.2, -0.15) is 0 Å². The van der Waals surface area contributed by atoms with Gasteiger partial charge in [-0.05, 0) is 6.92 Å². The Morgan fingerprint density at radius 3 is 2.82 bits per heavy atom. The van der Waals surface area contributed by atoms with Gasteiger partial charge < -0.3 is 21.1 Å². The van der Waals surface area contributed by atoms with E-state index in [9.17, 15) is 4.79 Å². The van der Waals surface area contributed by atoms with Crippen molar-refractivity contribution in [2.45, 2.75) is 6.92 Å². The van der Waals surface area contributed by atoms with Crippen LogP contribution in [0.15, 0.2) is 6.33 Å². The number of rotatable bonds is 7. The van der Waals surface area contributed by atoms with Crippen LogP contribution in [0.4, 0.5) is 11.6 Å². The summed E-state index contributed by atoms with van der Waals surface area (Å²) in [6.45, 7) is 2.79. The lowest BCUT2D eigenvalue weighted by molar-refractivity contribution is -0.122. The number of amides is 1. The highest BCUT2D eigenvalue weighted by molar-refractivity contribution is 5.74. The largest absolute Gasteiger partial charge is 0.373 e. The zero-order valence-corrected chi connectivity index (χ0v) is 9.99. The molecule has 0 bridgehead atoms. The molecule has 0 saturated carbocycles. The van der Waals surface area contributed by atoms with Crippen LogP contribution < -0.4 is 16.4 Å². The minimum atomic E-state index is -0.472. The van der Waals surface area contributed by atoms with E-state index in [1.807, 2.05) is 6.92 Å². The van der Waals surface area contributed by atoms with Gasteiger partial charge in [0.1, 0.15) is 24.6 Å². The van der Waals surface area contributed by atoms with Gasteiger partial charge in [0.15, 0.2) is 0 Å². The minimum absolute atomic E-state index is 0.0633. The second-order valence-electron chi connectivity index (χ2n) is 3.39. The molecular formula is C10H17N5O2. The average molecular weight is 239 g/mol. The third-order valence-corrected chi connectivity index (χ3v) is 2.10. The van der Waals surface area contributed by atoms with E-state index < -0.39 is 5.91 Å². The predicted octanol–water partition coefficient (Wildman–Crippen LogP) is -0.259. The lowest BCUT2D eigenvalue weighted by atomic mass is 10.3. The van der Waals surface area contributed by atoms with Crippen molar-refractivity contribution < 1.29 is 9.53 Å². The van der Waals surface area contributed by atoms with Crippen molar-refractivity contribution in [3.8, 4) is 0 Å². The molecule has 0 aliphatic heterocycles. The van der Waals surface area contributed by atoms with Crippen LogP contribution in [0, 0.1) is 6.92 Å². The van der Waals surface area contributed by atoms with Crippen LogP contribution in [-0.2, 0) is 9.53 Å². The highest BCUT2D eigenvalue weighted by Crippen LogP contribution is 2.16. The van der Waals surface area contributed by atoms with E-state index in [2.05, 4.69) is 20.6 Å². The zero-order valence-electron chi connectivity index (χ0n) is 9.99. The Bertz CT molecular complexity index is 383. The second kappa shape index (κ2) is 6.64. The molecule has 94 valence electrons. The van der Waals surface area contributed by atoms with Gasteiger partial charge >= 0.3 is 0 Å². The van der Waals surface area contributed by atoms with E-state index in [0.717, 1.165) is 17.2 Å². The lowest BCUT2D eigenvalue weighted by Gasteiger charge is -2.10. The molecule has 0 aliphatic carbocycles. The maximum absolute atomic E-state index is 10.4. The normalized spacial score (nSPS) is 10.0. The number of primary amides is 1. The molecule has 0 unspecified atom stereocenters. The Labute approximate surface area is 99.8 Å². The van der Waals surface area contributed by atoms with Crippen LogP contribution in [-0.4, -0.2) is 42.7 Å². The highest BCUT2D eigenvalue weighted by atomic mass is 16.5. The van der Waals surface area contributed by atoms with Crippen molar-refractivity contribution in [3.63, 3.8) is 0 Å². The summed E-state index contributed by atoms with van der Waals surface area (Å²) in [6, 6.07) is 0. The summed E-state index contributed by atoms with van der Waals surface area (Å²) >= 11 is 0. The van der Waals surface area contributed by atoms with Crippen molar-refractivity contribution in [2.24, 2.45) is 5.73 Å². The maximum Gasteiger partial charge on any atom is 0.243 e. The van der Waals surface area contributed by atoms with Gasteiger partial charge in [0.2, 0.25) is 5.91 Å². The summed E-state index contributed by atoms with van der Waals surface area (Å²) in [6.07, 6.45) is 1.48. The fraction of sp³-hybridized carbons (Fsp3) is 0.500. The van der Waals surface area contributed by atoms with E-state index in [-0.39, 0.29) is 6.61 Å². The SMILES string of the molecule is CNc1ncnc(NCCOCC(N)=O)c1C. The molecule has 17 heavy (non-hydrogen) atoms. The van der Waals surface area contributed by atoms with E-state index in [1.54, 1.807) is 7.05 Å². The first-order valence-electron chi connectivity index (χ1n) is 5.24. The number of nitrogens with one attached hydrogen (secondary N) is 2. The van der Waals surface area contributed by atoms with E-state index in [4.69, 9.17) is 10.5 Å². The van der Waals surface area contributed by atoms with E-state index in [0.29, 0.717) is 13.2 Å². The minimum Gasteiger partial charge on any atom is -0.373 e. The van der Waals surface area contributed by atoms with Crippen molar-refractivity contribution in [1.29, 1.82) is 0 Å². The number of hydrogen-bond donors (Lipinski definition) is 3. The third kappa shape index (κ3) is 4.23. The summed E-state index contributed by atoms with van der Waals surface area (Å²) in [5.74, 6) is 1.05. The topological polar surface area (TPSA) is 102 Å². The second-order valence-corrected chi connectivity index (χ2v) is 3.39. The van der Waals surface area contributed by atoms with Crippen molar-refractivity contribution in [2.75, 3.05) is 37.4 Å². The predicted molar refractivity (Wildman–Crippen MR) is 64.8 cm³/mol. The first-order chi connectivity index (χ1) is 8.15. The molecule has 1 amide bonds. The first-order valence-corrected chi connectivity index (χ1v) is 5.24. The first kappa shape index (κ1) is 13.2. The monoisotopic (exact) mass is 239 g/mol. The number of carbonyl (C=O) groups excluding carboxylic acids is 1. The molecule has 0 aliphatic rings. The number of anilines is 2. The van der Waals surface area contributed by atoms with Gasteiger partial charge in [-0.3, -0.25) is 4.79 Å². The molecule has 0 fully saturated rings. The summed E-state index contributed by atoms with van der Waals surface area (Å²) in [5, 5.41) is 6.06. The molecule has 1 aromatic heterocycles. The summed E-state index contributed by atoms with van der Waals surface area (Å²) in [5.41, 5.74) is 5.87. The van der Waals surface area contributed by atoms with Crippen LogP contribution >= 0.6 is 0 Å². The molecule has 1 rings (SSSR count). The molecule has 0 radical (unpaired) electrons. The van der Waals surface area contributed by atoms with Crippen molar-refractivity contribution in [1.82, 2.24) is 9.97 Å². The molecule has 0 atom stereocenters. The van der Waals surface area contributed by atoms with Gasteiger partial charge in [-0.25, -0.2) is 9.97 Å².